The molecule has 182 valence electrons. The number of nitrogens with zero attached hydrogens (tertiary/aromatic N) is 4. The summed E-state index contributed by atoms with van der Waals surface area (Å²) in [6, 6.07) is 14.9. The maximum absolute atomic E-state index is 12.7. The molecule has 4 aromatic rings. The molecule has 0 unspecified atom stereocenters. The molecule has 1 amide bonds. The Morgan fingerprint density at radius 3 is 2.71 bits per heavy atom. The van der Waals surface area contributed by atoms with Crippen LogP contribution in [-0.4, -0.2) is 31.7 Å². The summed E-state index contributed by atoms with van der Waals surface area (Å²) in [7, 11) is 0. The van der Waals surface area contributed by atoms with E-state index in [0.29, 0.717) is 41.1 Å². The van der Waals surface area contributed by atoms with Gasteiger partial charge in [0, 0.05) is 23.3 Å². The van der Waals surface area contributed by atoms with E-state index in [9.17, 15) is 9.59 Å². The van der Waals surface area contributed by atoms with Gasteiger partial charge in [0.15, 0.2) is 6.61 Å². The van der Waals surface area contributed by atoms with Gasteiger partial charge in [0.25, 0.3) is 17.2 Å². The lowest BCUT2D eigenvalue weighted by Crippen LogP contribution is -2.22. The molecule has 0 bridgehead atoms. The summed E-state index contributed by atoms with van der Waals surface area (Å²) in [5.41, 5.74) is 3.29. The normalized spacial score (nSPS) is 11.2. The van der Waals surface area contributed by atoms with Gasteiger partial charge in [-0.2, -0.15) is 9.50 Å². The second-order valence-electron chi connectivity index (χ2n) is 8.85. The summed E-state index contributed by atoms with van der Waals surface area (Å²) in [6.07, 6.45) is 1.64. The van der Waals surface area contributed by atoms with Crippen molar-refractivity contribution >= 4 is 29.1 Å². The number of rotatable bonds is 9. The van der Waals surface area contributed by atoms with Crippen LogP contribution in [0.3, 0.4) is 0 Å². The molecule has 0 saturated heterocycles. The Morgan fingerprint density at radius 2 is 1.94 bits per heavy atom. The van der Waals surface area contributed by atoms with Crippen molar-refractivity contribution in [2.24, 2.45) is 5.92 Å². The Labute approximate surface area is 208 Å². The van der Waals surface area contributed by atoms with Crippen LogP contribution in [0.2, 0.25) is 0 Å². The Kier molecular flexibility index (Phi) is 7.55. The lowest BCUT2D eigenvalue weighted by molar-refractivity contribution is -0.118. The summed E-state index contributed by atoms with van der Waals surface area (Å²) in [5.74, 6) is 1.68. The van der Waals surface area contributed by atoms with E-state index in [2.05, 4.69) is 29.1 Å². The molecule has 0 aliphatic carbocycles. The van der Waals surface area contributed by atoms with Crippen LogP contribution in [-0.2, 0) is 17.1 Å². The molecule has 35 heavy (non-hydrogen) atoms. The Bertz CT molecular complexity index is 1410. The van der Waals surface area contributed by atoms with E-state index in [1.807, 2.05) is 56.3 Å². The highest BCUT2D eigenvalue weighted by Crippen LogP contribution is 2.29. The van der Waals surface area contributed by atoms with Crippen LogP contribution >= 0.6 is 11.8 Å². The number of benzene rings is 2. The van der Waals surface area contributed by atoms with Gasteiger partial charge in [0.2, 0.25) is 0 Å². The zero-order chi connectivity index (χ0) is 24.9. The summed E-state index contributed by atoms with van der Waals surface area (Å²) in [4.78, 5) is 35.0. The fourth-order valence-electron chi connectivity index (χ4n) is 3.72. The third-order valence-electron chi connectivity index (χ3n) is 5.27. The summed E-state index contributed by atoms with van der Waals surface area (Å²) < 4.78 is 8.99. The minimum absolute atomic E-state index is 0.0864. The molecule has 0 aliphatic heterocycles. The molecular formula is C26H29N5O3S. The van der Waals surface area contributed by atoms with Crippen molar-refractivity contribution in [3.63, 3.8) is 0 Å². The molecule has 0 spiro atoms. The summed E-state index contributed by atoms with van der Waals surface area (Å²) >= 11 is 1.49. The van der Waals surface area contributed by atoms with Gasteiger partial charge in [-0.3, -0.25) is 14.3 Å². The maximum Gasteiger partial charge on any atom is 0.274 e. The second-order valence-corrected chi connectivity index (χ2v) is 9.87. The topological polar surface area (TPSA) is 90.5 Å². The van der Waals surface area contributed by atoms with Crippen LogP contribution in [0.4, 0.5) is 5.69 Å². The number of aromatic nitrogens is 4. The number of thioether (sulfide) groups is 1. The minimum Gasteiger partial charge on any atom is -0.483 e. The predicted octanol–water partition coefficient (Wildman–Crippen LogP) is 4.47. The molecule has 2 heterocycles. The average Bonchev–Trinajstić information content (AvgIpc) is 3.20. The quantitative estimate of drug-likeness (QED) is 0.347. The molecular weight excluding hydrogens is 462 g/mol. The summed E-state index contributed by atoms with van der Waals surface area (Å²) in [6.45, 7) is 8.74. The molecule has 0 aliphatic rings. The highest BCUT2D eigenvalue weighted by Gasteiger charge is 2.12. The van der Waals surface area contributed by atoms with E-state index in [0.717, 1.165) is 16.0 Å². The number of para-hydroxylation sites is 1. The maximum atomic E-state index is 12.7. The molecule has 0 atom stereocenters. The predicted molar refractivity (Wildman–Crippen MR) is 138 cm³/mol. The van der Waals surface area contributed by atoms with Gasteiger partial charge in [0.05, 0.1) is 11.4 Å². The standard InChI is InChI=1S/C26H29N5O3S/c1-17(2)13-30-16-27-26-28-20(12-25(33)31(26)30)15-35-23-8-6-5-7-21(23)29-24(32)14-34-22-10-9-18(3)11-19(22)4/h5-12,16-17H,13-15H2,1-4H3,(H,29,32). The second kappa shape index (κ2) is 10.8. The first-order chi connectivity index (χ1) is 16.8. The number of carbonyl (C=O) groups is 1. The number of ether oxygens (including phenoxy) is 1. The smallest absolute Gasteiger partial charge is 0.274 e. The number of fused-ring (bicyclic) bond motifs is 1. The van der Waals surface area contributed by atoms with Gasteiger partial charge in [-0.15, -0.1) is 11.8 Å². The molecule has 1 N–H and O–H groups in total. The SMILES string of the molecule is Cc1ccc(OCC(=O)Nc2ccccc2SCc2cc(=O)n3c(ncn3CC(C)C)n2)c(C)c1. The zero-order valence-electron chi connectivity index (χ0n) is 20.3. The average molecular weight is 492 g/mol. The van der Waals surface area contributed by atoms with Crippen molar-refractivity contribution < 1.29 is 9.53 Å². The van der Waals surface area contributed by atoms with Crippen LogP contribution in [0.15, 0.2) is 64.5 Å². The number of hydrogen-bond donors (Lipinski definition) is 1. The number of anilines is 1. The van der Waals surface area contributed by atoms with E-state index in [-0.39, 0.29) is 18.1 Å². The van der Waals surface area contributed by atoms with Crippen LogP contribution < -0.4 is 15.6 Å². The lowest BCUT2D eigenvalue weighted by atomic mass is 10.1. The van der Waals surface area contributed by atoms with Crippen LogP contribution in [0.5, 0.6) is 5.75 Å². The van der Waals surface area contributed by atoms with E-state index in [1.165, 1.54) is 22.3 Å². The van der Waals surface area contributed by atoms with E-state index in [1.54, 1.807) is 11.0 Å². The molecule has 4 rings (SSSR count). The number of amides is 1. The van der Waals surface area contributed by atoms with Crippen molar-refractivity contribution in [1.29, 1.82) is 0 Å². The number of hydrogen-bond acceptors (Lipinski definition) is 6. The summed E-state index contributed by atoms with van der Waals surface area (Å²) in [5, 5.41) is 2.92. The first-order valence-electron chi connectivity index (χ1n) is 11.5. The number of aryl methyl sites for hydroxylation is 2. The zero-order valence-corrected chi connectivity index (χ0v) is 21.1. The largest absolute Gasteiger partial charge is 0.483 e. The van der Waals surface area contributed by atoms with Crippen molar-refractivity contribution in [1.82, 2.24) is 19.2 Å². The monoisotopic (exact) mass is 491 g/mol. The van der Waals surface area contributed by atoms with Gasteiger partial charge < -0.3 is 10.1 Å². The van der Waals surface area contributed by atoms with Crippen LogP contribution in [0, 0.1) is 19.8 Å². The fourth-order valence-corrected chi connectivity index (χ4v) is 4.62. The molecule has 2 aromatic heterocycles. The van der Waals surface area contributed by atoms with Gasteiger partial charge in [0.1, 0.15) is 12.1 Å². The fraction of sp³-hybridized carbons (Fsp3) is 0.308. The van der Waals surface area contributed by atoms with Crippen molar-refractivity contribution in [3.05, 3.63) is 82.0 Å². The van der Waals surface area contributed by atoms with Gasteiger partial charge in [-0.1, -0.05) is 43.7 Å². The third-order valence-corrected chi connectivity index (χ3v) is 6.38. The van der Waals surface area contributed by atoms with Crippen molar-refractivity contribution in [2.45, 2.75) is 44.9 Å². The molecule has 8 nitrogen and oxygen atoms in total. The molecule has 0 fully saturated rings. The molecule has 2 aromatic carbocycles. The number of nitrogens with one attached hydrogen (secondary N) is 1. The van der Waals surface area contributed by atoms with Crippen molar-refractivity contribution in [3.8, 4) is 5.75 Å². The first kappa shape index (κ1) is 24.5. The first-order valence-corrected chi connectivity index (χ1v) is 12.4. The van der Waals surface area contributed by atoms with Crippen molar-refractivity contribution in [2.75, 3.05) is 11.9 Å². The van der Waals surface area contributed by atoms with E-state index in [4.69, 9.17) is 4.74 Å². The number of carbonyl (C=O) groups excluding carboxylic acids is 1. The molecule has 0 saturated carbocycles. The van der Waals surface area contributed by atoms with Crippen LogP contribution in [0.25, 0.3) is 5.78 Å². The van der Waals surface area contributed by atoms with E-state index >= 15 is 0 Å². The Balaban J connectivity index is 1.41. The third kappa shape index (κ3) is 6.10. The van der Waals surface area contributed by atoms with Crippen LogP contribution in [0.1, 0.15) is 30.7 Å². The lowest BCUT2D eigenvalue weighted by Gasteiger charge is -2.12. The van der Waals surface area contributed by atoms with Gasteiger partial charge in [-0.25, -0.2) is 4.98 Å². The molecule has 9 heteroatoms. The highest BCUT2D eigenvalue weighted by molar-refractivity contribution is 7.98. The molecule has 0 radical (unpaired) electrons. The highest BCUT2D eigenvalue weighted by atomic mass is 32.2. The Hall–Kier alpha value is -3.59. The van der Waals surface area contributed by atoms with Gasteiger partial charge >= 0.3 is 0 Å². The Morgan fingerprint density at radius 1 is 1.14 bits per heavy atom. The van der Waals surface area contributed by atoms with Gasteiger partial charge in [-0.05, 0) is 43.5 Å². The van der Waals surface area contributed by atoms with E-state index < -0.39 is 0 Å². The minimum atomic E-state index is -0.244.